The van der Waals surface area contributed by atoms with Gasteiger partial charge in [0.2, 0.25) is 0 Å². The zero-order valence-corrected chi connectivity index (χ0v) is 18.2. The normalized spacial score (nSPS) is 11.8. The minimum absolute atomic E-state index is 0.161. The van der Waals surface area contributed by atoms with Crippen LogP contribution in [-0.4, -0.2) is 32.8 Å². The second kappa shape index (κ2) is 10.8. The van der Waals surface area contributed by atoms with E-state index in [4.69, 9.17) is 21.1 Å². The highest BCUT2D eigenvalue weighted by atomic mass is 35.5. The quantitative estimate of drug-likeness (QED) is 0.385. The van der Waals surface area contributed by atoms with E-state index in [0.29, 0.717) is 16.5 Å². The average Bonchev–Trinajstić information content (AvgIpc) is 3.26. The van der Waals surface area contributed by atoms with E-state index in [0.717, 1.165) is 12.2 Å². The van der Waals surface area contributed by atoms with Gasteiger partial charge in [0.25, 0.3) is 0 Å². The smallest absolute Gasteiger partial charge is 0.134 e. The lowest BCUT2D eigenvalue weighted by molar-refractivity contribution is 0.0888. The van der Waals surface area contributed by atoms with Crippen LogP contribution < -0.4 is 9.47 Å². The van der Waals surface area contributed by atoms with Gasteiger partial charge < -0.3 is 14.6 Å². The minimum atomic E-state index is -0.717. The molecule has 4 aromatic rings. The third-order valence-corrected chi connectivity index (χ3v) is 5.05. The monoisotopic (exact) mass is 449 g/mol. The van der Waals surface area contributed by atoms with E-state index in [1.807, 2.05) is 42.5 Å². The Kier molecular flexibility index (Phi) is 7.38. The third-order valence-electron chi connectivity index (χ3n) is 4.80. The maximum absolute atomic E-state index is 10.3. The molecule has 1 unspecified atom stereocenters. The molecule has 164 valence electrons. The van der Waals surface area contributed by atoms with E-state index in [-0.39, 0.29) is 19.8 Å². The first-order valence-electron chi connectivity index (χ1n) is 10.4. The summed E-state index contributed by atoms with van der Waals surface area (Å²) in [6.45, 7) is 0.720. The molecule has 0 saturated carbocycles. The summed E-state index contributed by atoms with van der Waals surface area (Å²) in [7, 11) is 0. The summed E-state index contributed by atoms with van der Waals surface area (Å²) in [5, 5.41) is 19.1. The first-order valence-corrected chi connectivity index (χ1v) is 10.7. The lowest BCUT2D eigenvalue weighted by Crippen LogP contribution is -2.24. The fourth-order valence-electron chi connectivity index (χ4n) is 3.18. The highest BCUT2D eigenvalue weighted by molar-refractivity contribution is 6.30. The van der Waals surface area contributed by atoms with Crippen LogP contribution in [0.25, 0.3) is 0 Å². The van der Waals surface area contributed by atoms with Crippen molar-refractivity contribution in [3.8, 4) is 11.5 Å². The Labute approximate surface area is 192 Å². The van der Waals surface area contributed by atoms with Crippen LogP contribution in [0.1, 0.15) is 16.8 Å². The third kappa shape index (κ3) is 6.57. The van der Waals surface area contributed by atoms with Gasteiger partial charge in [-0.15, -0.1) is 5.10 Å². The molecule has 3 aromatic carbocycles. The number of halogens is 1. The van der Waals surface area contributed by atoms with Gasteiger partial charge in [0.1, 0.15) is 36.5 Å². The maximum atomic E-state index is 10.3. The Hall–Kier alpha value is -3.35. The molecule has 0 amide bonds. The zero-order chi connectivity index (χ0) is 22.2. The van der Waals surface area contributed by atoms with Crippen molar-refractivity contribution >= 4 is 11.6 Å². The van der Waals surface area contributed by atoms with Crippen LogP contribution in [0.2, 0.25) is 5.02 Å². The fourth-order valence-corrected chi connectivity index (χ4v) is 3.30. The molecule has 0 bridgehead atoms. The largest absolute Gasteiger partial charge is 0.491 e. The second-order valence-corrected chi connectivity index (χ2v) is 7.88. The van der Waals surface area contributed by atoms with E-state index in [2.05, 4.69) is 22.4 Å². The molecule has 1 aromatic heterocycles. The van der Waals surface area contributed by atoms with Crippen LogP contribution in [0.4, 0.5) is 0 Å². The van der Waals surface area contributed by atoms with Crippen LogP contribution in [0, 0.1) is 0 Å². The summed E-state index contributed by atoms with van der Waals surface area (Å²) in [5.74, 6) is 1.42. The number of hydrogen-bond donors (Lipinski definition) is 1. The predicted molar refractivity (Wildman–Crippen MR) is 123 cm³/mol. The standard InChI is InChI=1S/C25H24ClN3O3/c26-21-8-12-25(13-9-21)31-17-22-15-29(28-27-22)16-23(30)18-32-24-10-6-20(7-11-24)14-19-4-2-1-3-5-19/h1-13,15,23,30H,14,16-18H2. The highest BCUT2D eigenvalue weighted by Crippen LogP contribution is 2.17. The van der Waals surface area contributed by atoms with Crippen LogP contribution in [0.15, 0.2) is 85.1 Å². The van der Waals surface area contributed by atoms with Gasteiger partial charge in [0.05, 0.1) is 12.7 Å². The number of ether oxygens (including phenoxy) is 2. The van der Waals surface area contributed by atoms with Gasteiger partial charge in [0, 0.05) is 5.02 Å². The lowest BCUT2D eigenvalue weighted by Gasteiger charge is -2.12. The van der Waals surface area contributed by atoms with Gasteiger partial charge in [-0.3, -0.25) is 0 Å². The lowest BCUT2D eigenvalue weighted by atomic mass is 10.1. The first kappa shape index (κ1) is 21.9. The Morgan fingerprint density at radius 1 is 0.844 bits per heavy atom. The number of aliphatic hydroxyl groups excluding tert-OH is 1. The first-order chi connectivity index (χ1) is 15.6. The summed E-state index contributed by atoms with van der Waals surface area (Å²) in [4.78, 5) is 0. The van der Waals surface area contributed by atoms with E-state index in [9.17, 15) is 5.11 Å². The van der Waals surface area contributed by atoms with E-state index < -0.39 is 6.10 Å². The Bertz CT molecular complexity index is 1100. The van der Waals surface area contributed by atoms with Gasteiger partial charge >= 0.3 is 0 Å². The van der Waals surface area contributed by atoms with Crippen molar-refractivity contribution in [3.63, 3.8) is 0 Å². The van der Waals surface area contributed by atoms with Gasteiger partial charge in [-0.2, -0.15) is 0 Å². The molecule has 4 rings (SSSR count). The molecule has 0 radical (unpaired) electrons. The zero-order valence-electron chi connectivity index (χ0n) is 17.5. The van der Waals surface area contributed by atoms with Crippen molar-refractivity contribution < 1.29 is 14.6 Å². The molecule has 7 heteroatoms. The summed E-state index contributed by atoms with van der Waals surface area (Å²) in [5.41, 5.74) is 3.14. The van der Waals surface area contributed by atoms with Gasteiger partial charge in [-0.1, -0.05) is 59.3 Å². The summed E-state index contributed by atoms with van der Waals surface area (Å²) in [6.07, 6.45) is 1.91. The summed E-state index contributed by atoms with van der Waals surface area (Å²) >= 11 is 5.87. The molecule has 0 saturated heterocycles. The van der Waals surface area contributed by atoms with E-state index in [1.165, 1.54) is 11.1 Å². The Balaban J connectivity index is 1.21. The number of benzene rings is 3. The van der Waals surface area contributed by atoms with Gasteiger partial charge in [-0.25, -0.2) is 4.68 Å². The maximum Gasteiger partial charge on any atom is 0.134 e. The average molecular weight is 450 g/mol. The molecule has 1 atom stereocenters. The van der Waals surface area contributed by atoms with Crippen molar-refractivity contribution in [2.45, 2.75) is 25.7 Å². The molecule has 1 N–H and O–H groups in total. The number of nitrogens with zero attached hydrogens (tertiary/aromatic N) is 3. The van der Waals surface area contributed by atoms with Gasteiger partial charge in [0.15, 0.2) is 0 Å². The fraction of sp³-hybridized carbons (Fsp3) is 0.200. The highest BCUT2D eigenvalue weighted by Gasteiger charge is 2.10. The number of aromatic nitrogens is 3. The molecular weight excluding hydrogens is 426 g/mol. The Morgan fingerprint density at radius 2 is 1.50 bits per heavy atom. The van der Waals surface area contributed by atoms with Crippen molar-refractivity contribution in [1.82, 2.24) is 15.0 Å². The van der Waals surface area contributed by atoms with E-state index >= 15 is 0 Å². The molecular formula is C25H24ClN3O3. The van der Waals surface area contributed by atoms with Crippen LogP contribution in [0.3, 0.4) is 0 Å². The second-order valence-electron chi connectivity index (χ2n) is 7.45. The minimum Gasteiger partial charge on any atom is -0.491 e. The molecule has 0 spiro atoms. The van der Waals surface area contributed by atoms with Crippen LogP contribution in [-0.2, 0) is 19.6 Å². The number of rotatable bonds is 10. The molecule has 0 fully saturated rings. The SMILES string of the molecule is OC(COc1ccc(Cc2ccccc2)cc1)Cn1cc(COc2ccc(Cl)cc2)nn1. The van der Waals surface area contributed by atoms with Crippen molar-refractivity contribution in [1.29, 1.82) is 0 Å². The molecule has 0 aliphatic heterocycles. The topological polar surface area (TPSA) is 69.4 Å². The number of aliphatic hydroxyl groups is 1. The van der Waals surface area contributed by atoms with Gasteiger partial charge in [-0.05, 0) is 53.9 Å². The van der Waals surface area contributed by atoms with E-state index in [1.54, 1.807) is 35.1 Å². The summed E-state index contributed by atoms with van der Waals surface area (Å²) in [6, 6.07) is 25.4. The van der Waals surface area contributed by atoms with Crippen LogP contribution >= 0.6 is 11.6 Å². The molecule has 6 nitrogen and oxygen atoms in total. The molecule has 0 aliphatic carbocycles. The predicted octanol–water partition coefficient (Wildman–Crippen LogP) is 4.54. The van der Waals surface area contributed by atoms with Crippen LogP contribution in [0.5, 0.6) is 11.5 Å². The molecule has 32 heavy (non-hydrogen) atoms. The van der Waals surface area contributed by atoms with Crippen molar-refractivity contribution in [2.75, 3.05) is 6.61 Å². The van der Waals surface area contributed by atoms with Crippen molar-refractivity contribution in [3.05, 3.63) is 107 Å². The van der Waals surface area contributed by atoms with Crippen molar-refractivity contribution in [2.24, 2.45) is 0 Å². The summed E-state index contributed by atoms with van der Waals surface area (Å²) < 4.78 is 13.0. The number of hydrogen-bond acceptors (Lipinski definition) is 5. The molecule has 0 aliphatic rings. The Morgan fingerprint density at radius 3 is 2.25 bits per heavy atom. The molecule has 1 heterocycles.